The van der Waals surface area contributed by atoms with E-state index in [2.05, 4.69) is 5.32 Å². The quantitative estimate of drug-likeness (QED) is 0.616. The highest BCUT2D eigenvalue weighted by Gasteiger charge is 2.35. The Labute approximate surface area is 123 Å². The first-order valence-electron chi connectivity index (χ1n) is 7.38. The number of rotatable bonds is 6. The number of aryl methyl sites for hydroxylation is 1. The van der Waals surface area contributed by atoms with Gasteiger partial charge < -0.3 is 15.6 Å². The van der Waals surface area contributed by atoms with Crippen LogP contribution in [0, 0.1) is 10.1 Å². The number of carbonyl (C=O) groups excluding carboxylic acids is 1. The van der Waals surface area contributed by atoms with Gasteiger partial charge in [-0.1, -0.05) is 19.8 Å². The van der Waals surface area contributed by atoms with E-state index in [-0.39, 0.29) is 17.1 Å². The highest BCUT2D eigenvalue weighted by Crippen LogP contribution is 2.29. The first-order chi connectivity index (χ1) is 10.0. The molecular weight excluding hydrogens is 272 g/mol. The maximum absolute atomic E-state index is 12.5. The monoisotopic (exact) mass is 294 g/mol. The number of carbonyl (C=O) groups is 1. The van der Waals surface area contributed by atoms with Crippen molar-refractivity contribution in [1.82, 2.24) is 9.88 Å². The van der Waals surface area contributed by atoms with E-state index in [9.17, 15) is 14.9 Å². The van der Waals surface area contributed by atoms with Crippen molar-refractivity contribution >= 4 is 11.6 Å². The van der Waals surface area contributed by atoms with E-state index >= 15 is 0 Å². The van der Waals surface area contributed by atoms with E-state index in [0.717, 1.165) is 32.1 Å². The van der Waals surface area contributed by atoms with Gasteiger partial charge >= 0.3 is 0 Å². The van der Waals surface area contributed by atoms with Gasteiger partial charge in [0.05, 0.1) is 16.7 Å². The molecule has 2 rings (SSSR count). The largest absolute Gasteiger partial charge is 0.344 e. The third-order valence-corrected chi connectivity index (χ3v) is 4.12. The Hall–Kier alpha value is -1.89. The molecule has 0 aromatic carbocycles. The molecule has 1 amide bonds. The van der Waals surface area contributed by atoms with Crippen molar-refractivity contribution in [3.8, 4) is 0 Å². The predicted octanol–water partition coefficient (Wildman–Crippen LogP) is 1.81. The highest BCUT2D eigenvalue weighted by atomic mass is 16.6. The van der Waals surface area contributed by atoms with Crippen LogP contribution in [0.25, 0.3) is 0 Å². The lowest BCUT2D eigenvalue weighted by molar-refractivity contribution is -0.384. The molecule has 0 saturated heterocycles. The molecule has 0 unspecified atom stereocenters. The van der Waals surface area contributed by atoms with Gasteiger partial charge in [-0.05, 0) is 19.3 Å². The van der Waals surface area contributed by atoms with Crippen LogP contribution < -0.4 is 11.1 Å². The number of nitrogens with zero attached hydrogens (tertiary/aromatic N) is 2. The van der Waals surface area contributed by atoms with E-state index in [4.69, 9.17) is 5.73 Å². The minimum atomic E-state index is -0.475. The summed E-state index contributed by atoms with van der Waals surface area (Å²) in [4.78, 5) is 22.9. The minimum absolute atomic E-state index is 0.0539. The molecular formula is C14H22N4O3. The normalized spacial score (nSPS) is 16.9. The van der Waals surface area contributed by atoms with Crippen LogP contribution in [-0.4, -0.2) is 27.5 Å². The van der Waals surface area contributed by atoms with Crippen LogP contribution in [0.4, 0.5) is 5.69 Å². The van der Waals surface area contributed by atoms with Gasteiger partial charge in [-0.3, -0.25) is 14.9 Å². The van der Waals surface area contributed by atoms with Crippen LogP contribution in [0.3, 0.4) is 0 Å². The van der Waals surface area contributed by atoms with Gasteiger partial charge in [-0.15, -0.1) is 0 Å². The third-order valence-electron chi connectivity index (χ3n) is 4.12. The lowest BCUT2D eigenvalue weighted by Crippen LogP contribution is -2.52. The van der Waals surface area contributed by atoms with Crippen LogP contribution >= 0.6 is 0 Å². The maximum Gasteiger partial charge on any atom is 0.287 e. The molecule has 1 fully saturated rings. The number of nitrogens with two attached hydrogens (primary N) is 1. The Morgan fingerprint density at radius 2 is 2.19 bits per heavy atom. The Balaban J connectivity index is 2.23. The van der Waals surface area contributed by atoms with Gasteiger partial charge in [-0.25, -0.2) is 0 Å². The molecule has 1 aliphatic carbocycles. The third kappa shape index (κ3) is 3.24. The molecule has 1 aliphatic rings. The summed E-state index contributed by atoms with van der Waals surface area (Å²) in [5.74, 6) is -0.274. The lowest BCUT2D eigenvalue weighted by Gasteiger charge is -2.28. The van der Waals surface area contributed by atoms with Crippen LogP contribution in [0.1, 0.15) is 49.5 Å². The first-order valence-corrected chi connectivity index (χ1v) is 7.38. The van der Waals surface area contributed by atoms with E-state index < -0.39 is 4.92 Å². The van der Waals surface area contributed by atoms with Crippen LogP contribution in [0.2, 0.25) is 0 Å². The molecule has 0 bridgehead atoms. The summed E-state index contributed by atoms with van der Waals surface area (Å²) in [6, 6.07) is 1.34. The number of amides is 1. The molecule has 7 nitrogen and oxygen atoms in total. The summed E-state index contributed by atoms with van der Waals surface area (Å²) in [6.45, 7) is 2.94. The maximum atomic E-state index is 12.5. The second kappa shape index (κ2) is 6.26. The fourth-order valence-corrected chi connectivity index (χ4v) is 2.95. The number of hydrogen-bond acceptors (Lipinski definition) is 4. The molecule has 0 aliphatic heterocycles. The van der Waals surface area contributed by atoms with E-state index in [1.807, 2.05) is 6.92 Å². The molecule has 1 aromatic rings. The average Bonchev–Trinajstić information content (AvgIpc) is 3.07. The molecule has 0 spiro atoms. The Morgan fingerprint density at radius 1 is 1.52 bits per heavy atom. The van der Waals surface area contributed by atoms with Crippen LogP contribution in [-0.2, 0) is 6.54 Å². The van der Waals surface area contributed by atoms with Crippen molar-refractivity contribution in [2.45, 2.75) is 51.1 Å². The molecule has 1 aromatic heterocycles. The molecule has 1 heterocycles. The summed E-state index contributed by atoms with van der Waals surface area (Å²) in [6.07, 6.45) is 6.05. The van der Waals surface area contributed by atoms with E-state index in [1.165, 1.54) is 12.3 Å². The van der Waals surface area contributed by atoms with Crippen molar-refractivity contribution in [2.24, 2.45) is 5.73 Å². The number of aromatic nitrogens is 1. The van der Waals surface area contributed by atoms with Gasteiger partial charge in [0.2, 0.25) is 0 Å². The summed E-state index contributed by atoms with van der Waals surface area (Å²) >= 11 is 0. The zero-order chi connectivity index (χ0) is 15.5. The van der Waals surface area contributed by atoms with Gasteiger partial charge in [0.25, 0.3) is 11.6 Å². The SMILES string of the molecule is CCCn1cc([N+](=O)[O-])cc1C(=O)NC1(CN)CCCC1. The van der Waals surface area contributed by atoms with Gasteiger partial charge in [0, 0.05) is 19.2 Å². The first kappa shape index (κ1) is 15.5. The Morgan fingerprint density at radius 3 is 2.71 bits per heavy atom. The highest BCUT2D eigenvalue weighted by molar-refractivity contribution is 5.94. The standard InChI is InChI=1S/C14H22N4O3/c1-2-7-17-9-11(18(20)21)8-12(17)13(19)16-14(10-15)5-3-4-6-14/h8-9H,2-7,10,15H2,1H3,(H,16,19). The van der Waals surface area contributed by atoms with Crippen LogP contribution in [0.5, 0.6) is 0 Å². The van der Waals surface area contributed by atoms with Crippen LogP contribution in [0.15, 0.2) is 12.3 Å². The summed E-state index contributed by atoms with van der Waals surface area (Å²) in [7, 11) is 0. The summed E-state index contributed by atoms with van der Waals surface area (Å²) in [5, 5.41) is 13.9. The predicted molar refractivity (Wildman–Crippen MR) is 79.1 cm³/mol. The molecule has 0 radical (unpaired) electrons. The van der Waals surface area contributed by atoms with Gasteiger partial charge in [0.1, 0.15) is 5.69 Å². The van der Waals surface area contributed by atoms with Crippen molar-refractivity contribution in [2.75, 3.05) is 6.54 Å². The Bertz CT molecular complexity index is 532. The zero-order valence-corrected chi connectivity index (χ0v) is 12.3. The summed E-state index contributed by atoms with van der Waals surface area (Å²) in [5.41, 5.74) is 5.74. The number of hydrogen-bond donors (Lipinski definition) is 2. The number of nitrogens with one attached hydrogen (secondary N) is 1. The molecule has 1 saturated carbocycles. The van der Waals surface area contributed by atoms with E-state index in [0.29, 0.717) is 18.8 Å². The fraction of sp³-hybridized carbons (Fsp3) is 0.643. The van der Waals surface area contributed by atoms with Gasteiger partial charge in [-0.2, -0.15) is 0 Å². The van der Waals surface area contributed by atoms with Crippen molar-refractivity contribution in [3.05, 3.63) is 28.1 Å². The minimum Gasteiger partial charge on any atom is -0.344 e. The van der Waals surface area contributed by atoms with Crippen molar-refractivity contribution in [3.63, 3.8) is 0 Å². The lowest BCUT2D eigenvalue weighted by atomic mass is 9.97. The van der Waals surface area contributed by atoms with E-state index in [1.54, 1.807) is 4.57 Å². The second-order valence-corrected chi connectivity index (χ2v) is 5.68. The fourth-order valence-electron chi connectivity index (χ4n) is 2.95. The molecule has 7 heteroatoms. The average molecular weight is 294 g/mol. The molecule has 116 valence electrons. The summed E-state index contributed by atoms with van der Waals surface area (Å²) < 4.78 is 1.65. The second-order valence-electron chi connectivity index (χ2n) is 5.68. The smallest absolute Gasteiger partial charge is 0.287 e. The van der Waals surface area contributed by atoms with Gasteiger partial charge in [0.15, 0.2) is 0 Å². The molecule has 21 heavy (non-hydrogen) atoms. The molecule has 0 atom stereocenters. The Kier molecular flexibility index (Phi) is 4.62. The topological polar surface area (TPSA) is 103 Å². The van der Waals surface area contributed by atoms with Crippen molar-refractivity contribution in [1.29, 1.82) is 0 Å². The van der Waals surface area contributed by atoms with Crippen molar-refractivity contribution < 1.29 is 9.72 Å². The zero-order valence-electron chi connectivity index (χ0n) is 12.3. The number of nitro groups is 1. The molecule has 3 N–H and O–H groups in total.